The van der Waals surface area contributed by atoms with Gasteiger partial charge in [-0.2, -0.15) is 0 Å². The van der Waals surface area contributed by atoms with Gasteiger partial charge in [0.25, 0.3) is 0 Å². The SMILES string of the molecule is CC(C)(C)OC(=O)N1CCN(C(N)=NCc2ccnc3ccccc23)CC1. The molecule has 3 rings (SSSR count). The molecule has 2 N–H and O–H groups in total. The average molecular weight is 369 g/mol. The standard InChI is InChI=1S/C20H27N5O2/c1-20(2,3)27-19(26)25-12-10-24(11-13-25)18(21)23-14-15-8-9-22-17-7-5-4-6-16(15)17/h4-9H,10-14H2,1-3H3,(H2,21,23). The highest BCUT2D eigenvalue weighted by Crippen LogP contribution is 2.17. The van der Waals surface area contributed by atoms with E-state index >= 15 is 0 Å². The molecule has 2 heterocycles. The number of rotatable bonds is 2. The Morgan fingerprint density at radius 1 is 1.15 bits per heavy atom. The lowest BCUT2D eigenvalue weighted by Gasteiger charge is -2.36. The Morgan fingerprint density at radius 3 is 2.52 bits per heavy atom. The van der Waals surface area contributed by atoms with Crippen molar-refractivity contribution in [1.29, 1.82) is 0 Å². The van der Waals surface area contributed by atoms with E-state index in [0.717, 1.165) is 16.5 Å². The average Bonchev–Trinajstić information content (AvgIpc) is 2.65. The first-order valence-corrected chi connectivity index (χ1v) is 9.19. The molecule has 7 heteroatoms. The number of hydrogen-bond acceptors (Lipinski definition) is 4. The van der Waals surface area contributed by atoms with E-state index in [9.17, 15) is 4.79 Å². The molecule has 144 valence electrons. The molecular formula is C20H27N5O2. The molecule has 0 radical (unpaired) electrons. The molecular weight excluding hydrogens is 342 g/mol. The fourth-order valence-electron chi connectivity index (χ4n) is 3.00. The number of benzene rings is 1. The highest BCUT2D eigenvalue weighted by atomic mass is 16.6. The summed E-state index contributed by atoms with van der Waals surface area (Å²) in [7, 11) is 0. The number of carbonyl (C=O) groups is 1. The summed E-state index contributed by atoms with van der Waals surface area (Å²) >= 11 is 0. The van der Waals surface area contributed by atoms with Crippen LogP contribution in [-0.4, -0.2) is 58.6 Å². The third-order valence-electron chi connectivity index (χ3n) is 4.41. The maximum Gasteiger partial charge on any atom is 0.410 e. The number of pyridine rings is 1. The smallest absolute Gasteiger partial charge is 0.410 e. The van der Waals surface area contributed by atoms with Crippen LogP contribution in [0.1, 0.15) is 26.3 Å². The molecule has 1 fully saturated rings. The Balaban J connectivity index is 1.59. The normalized spacial score (nSPS) is 15.9. The summed E-state index contributed by atoms with van der Waals surface area (Å²) in [6.45, 7) is 8.54. The highest BCUT2D eigenvalue weighted by Gasteiger charge is 2.26. The van der Waals surface area contributed by atoms with Gasteiger partial charge in [-0.1, -0.05) is 18.2 Å². The minimum atomic E-state index is -0.484. The van der Waals surface area contributed by atoms with E-state index < -0.39 is 5.60 Å². The van der Waals surface area contributed by atoms with Crippen molar-refractivity contribution in [2.75, 3.05) is 26.2 Å². The Kier molecular flexibility index (Phi) is 5.48. The molecule has 0 unspecified atom stereocenters. The zero-order valence-electron chi connectivity index (χ0n) is 16.2. The number of nitrogens with zero attached hydrogens (tertiary/aromatic N) is 4. The van der Waals surface area contributed by atoms with Gasteiger partial charge in [0.2, 0.25) is 0 Å². The van der Waals surface area contributed by atoms with Gasteiger partial charge in [0.1, 0.15) is 5.60 Å². The van der Waals surface area contributed by atoms with Crippen LogP contribution in [0.2, 0.25) is 0 Å². The fraction of sp³-hybridized carbons (Fsp3) is 0.450. The van der Waals surface area contributed by atoms with Gasteiger partial charge in [-0.05, 0) is 38.5 Å². The number of ether oxygens (including phenoxy) is 1. The highest BCUT2D eigenvalue weighted by molar-refractivity contribution is 5.83. The number of para-hydroxylation sites is 1. The zero-order chi connectivity index (χ0) is 19.4. The van der Waals surface area contributed by atoms with Crippen molar-refractivity contribution in [1.82, 2.24) is 14.8 Å². The lowest BCUT2D eigenvalue weighted by atomic mass is 10.1. The number of hydrogen-bond donors (Lipinski definition) is 1. The molecule has 1 amide bonds. The molecule has 1 saturated heterocycles. The van der Waals surface area contributed by atoms with Crippen molar-refractivity contribution in [2.45, 2.75) is 32.9 Å². The maximum atomic E-state index is 12.1. The van der Waals surface area contributed by atoms with E-state index in [0.29, 0.717) is 38.7 Å². The molecule has 1 aromatic heterocycles. The number of guanidine groups is 1. The molecule has 0 saturated carbocycles. The minimum absolute atomic E-state index is 0.277. The van der Waals surface area contributed by atoms with Crippen molar-refractivity contribution in [3.8, 4) is 0 Å². The molecule has 7 nitrogen and oxygen atoms in total. The summed E-state index contributed by atoms with van der Waals surface area (Å²) in [6.07, 6.45) is 1.52. The van der Waals surface area contributed by atoms with E-state index in [1.165, 1.54) is 0 Å². The zero-order valence-corrected chi connectivity index (χ0v) is 16.2. The monoisotopic (exact) mass is 369 g/mol. The minimum Gasteiger partial charge on any atom is -0.444 e. The van der Waals surface area contributed by atoms with Gasteiger partial charge >= 0.3 is 6.09 Å². The van der Waals surface area contributed by atoms with Crippen LogP contribution in [0.3, 0.4) is 0 Å². The first-order chi connectivity index (χ1) is 12.8. The molecule has 0 atom stereocenters. The van der Waals surface area contributed by atoms with Crippen LogP contribution in [0.25, 0.3) is 10.9 Å². The Morgan fingerprint density at radius 2 is 1.81 bits per heavy atom. The van der Waals surface area contributed by atoms with Crippen molar-refractivity contribution < 1.29 is 9.53 Å². The third kappa shape index (κ3) is 4.87. The molecule has 1 aromatic carbocycles. The van der Waals surface area contributed by atoms with Crippen LogP contribution in [-0.2, 0) is 11.3 Å². The van der Waals surface area contributed by atoms with Crippen LogP contribution >= 0.6 is 0 Å². The van der Waals surface area contributed by atoms with Crippen molar-refractivity contribution in [3.05, 3.63) is 42.1 Å². The van der Waals surface area contributed by atoms with E-state index in [2.05, 4.69) is 9.98 Å². The predicted octanol–water partition coefficient (Wildman–Crippen LogP) is 2.60. The first-order valence-electron chi connectivity index (χ1n) is 9.19. The van der Waals surface area contributed by atoms with E-state index in [-0.39, 0.29) is 6.09 Å². The van der Waals surface area contributed by atoms with E-state index in [1.54, 1.807) is 11.1 Å². The van der Waals surface area contributed by atoms with E-state index in [4.69, 9.17) is 10.5 Å². The third-order valence-corrected chi connectivity index (χ3v) is 4.41. The summed E-state index contributed by atoms with van der Waals surface area (Å²) in [5.41, 5.74) is 7.75. The van der Waals surface area contributed by atoms with Crippen LogP contribution in [0.15, 0.2) is 41.5 Å². The topological polar surface area (TPSA) is 84.0 Å². The van der Waals surface area contributed by atoms with Crippen LogP contribution in [0.4, 0.5) is 4.79 Å². The number of aromatic nitrogens is 1. The number of nitrogens with two attached hydrogens (primary N) is 1. The van der Waals surface area contributed by atoms with Gasteiger partial charge in [-0.15, -0.1) is 0 Å². The number of amides is 1. The lowest BCUT2D eigenvalue weighted by molar-refractivity contribution is 0.0186. The lowest BCUT2D eigenvalue weighted by Crippen LogP contribution is -2.53. The summed E-state index contributed by atoms with van der Waals surface area (Å²) in [5.74, 6) is 0.500. The Labute approximate surface area is 159 Å². The molecule has 27 heavy (non-hydrogen) atoms. The van der Waals surface area contributed by atoms with Crippen LogP contribution in [0, 0.1) is 0 Å². The van der Waals surface area contributed by atoms with Gasteiger partial charge < -0.3 is 20.3 Å². The Hall–Kier alpha value is -2.83. The number of fused-ring (bicyclic) bond motifs is 1. The second-order valence-corrected chi connectivity index (χ2v) is 7.62. The summed E-state index contributed by atoms with van der Waals surface area (Å²) < 4.78 is 5.42. The summed E-state index contributed by atoms with van der Waals surface area (Å²) in [5, 5.41) is 1.09. The quantitative estimate of drug-likeness (QED) is 0.650. The number of carbonyl (C=O) groups excluding carboxylic acids is 1. The van der Waals surface area contributed by atoms with Gasteiger partial charge in [-0.25, -0.2) is 9.79 Å². The molecule has 0 aliphatic carbocycles. The number of aliphatic imine (C=N–C) groups is 1. The maximum absolute atomic E-state index is 12.1. The predicted molar refractivity (Wildman–Crippen MR) is 106 cm³/mol. The summed E-state index contributed by atoms with van der Waals surface area (Å²) in [6, 6.07) is 9.97. The first kappa shape index (κ1) is 18.9. The largest absolute Gasteiger partial charge is 0.444 e. The van der Waals surface area contributed by atoms with Gasteiger partial charge in [0.05, 0.1) is 12.1 Å². The second kappa shape index (κ2) is 7.82. The van der Waals surface area contributed by atoms with Crippen LogP contribution in [0.5, 0.6) is 0 Å². The Bertz CT molecular complexity index is 830. The molecule has 1 aliphatic heterocycles. The molecule has 2 aromatic rings. The van der Waals surface area contributed by atoms with E-state index in [1.807, 2.05) is 56.0 Å². The van der Waals surface area contributed by atoms with Gasteiger partial charge in [0.15, 0.2) is 5.96 Å². The second-order valence-electron chi connectivity index (χ2n) is 7.62. The van der Waals surface area contributed by atoms with Gasteiger partial charge in [0, 0.05) is 37.8 Å². The molecule has 1 aliphatic rings. The van der Waals surface area contributed by atoms with Crippen molar-refractivity contribution >= 4 is 23.0 Å². The van der Waals surface area contributed by atoms with Gasteiger partial charge in [-0.3, -0.25) is 4.98 Å². The summed E-state index contributed by atoms with van der Waals surface area (Å²) in [4.78, 5) is 24.8. The van der Waals surface area contributed by atoms with Crippen molar-refractivity contribution in [3.63, 3.8) is 0 Å². The van der Waals surface area contributed by atoms with Crippen molar-refractivity contribution in [2.24, 2.45) is 10.7 Å². The fourth-order valence-corrected chi connectivity index (χ4v) is 3.00. The van der Waals surface area contributed by atoms with Crippen LogP contribution < -0.4 is 5.73 Å². The molecule has 0 spiro atoms. The molecule has 0 bridgehead atoms. The number of piperazine rings is 1.